The van der Waals surface area contributed by atoms with E-state index >= 15 is 0 Å². The smallest absolute Gasteiger partial charge is 0.282 e. The zero-order valence-corrected chi connectivity index (χ0v) is 12.7. The van der Waals surface area contributed by atoms with E-state index in [4.69, 9.17) is 0 Å². The van der Waals surface area contributed by atoms with E-state index in [0.717, 1.165) is 12.3 Å². The molecule has 0 aliphatic carbocycles. The van der Waals surface area contributed by atoms with Crippen molar-refractivity contribution >= 4 is 23.2 Å². The molecule has 10 heteroatoms. The second-order valence-corrected chi connectivity index (χ2v) is 5.63. The van der Waals surface area contributed by atoms with Crippen LogP contribution in [-0.2, 0) is 0 Å². The summed E-state index contributed by atoms with van der Waals surface area (Å²) in [5.74, 6) is -3.30. The summed E-state index contributed by atoms with van der Waals surface area (Å²) < 4.78 is 40.2. The number of pyridine rings is 1. The number of carbonyl (C=O) groups is 1. The zero-order valence-electron chi connectivity index (χ0n) is 12.7. The van der Waals surface area contributed by atoms with E-state index in [9.17, 15) is 18.0 Å². The van der Waals surface area contributed by atoms with Gasteiger partial charge in [-0.05, 0) is 24.3 Å². The standard InChI is InChI=1S/C15H11F3N6O/c16-9-1-2-11(19-5-9)21-14(25)10-6-20-12-3-4-13(22-24(10)12)23-7-15(17,18)8-23/h1-6H,7-8H2,(H,19,21,25). The van der Waals surface area contributed by atoms with E-state index in [1.54, 1.807) is 12.1 Å². The Balaban J connectivity index is 1.60. The molecule has 1 aliphatic heterocycles. The van der Waals surface area contributed by atoms with Crippen molar-refractivity contribution < 1.29 is 18.0 Å². The van der Waals surface area contributed by atoms with Gasteiger partial charge in [0.1, 0.15) is 17.5 Å². The van der Waals surface area contributed by atoms with E-state index in [2.05, 4.69) is 20.4 Å². The quantitative estimate of drug-likeness (QED) is 0.783. The first-order valence-electron chi connectivity index (χ1n) is 7.32. The largest absolute Gasteiger partial charge is 0.343 e. The van der Waals surface area contributed by atoms with E-state index in [0.29, 0.717) is 11.5 Å². The van der Waals surface area contributed by atoms with Gasteiger partial charge in [0.05, 0.1) is 25.5 Å². The monoisotopic (exact) mass is 348 g/mol. The maximum Gasteiger partial charge on any atom is 0.282 e. The van der Waals surface area contributed by atoms with Crippen LogP contribution < -0.4 is 10.2 Å². The van der Waals surface area contributed by atoms with E-state index < -0.39 is 30.7 Å². The Morgan fingerprint density at radius 2 is 1.92 bits per heavy atom. The van der Waals surface area contributed by atoms with Crippen LogP contribution in [0.3, 0.4) is 0 Å². The number of carbonyl (C=O) groups excluding carboxylic acids is 1. The Hall–Kier alpha value is -3.17. The summed E-state index contributed by atoms with van der Waals surface area (Å²) in [6.45, 7) is -0.831. The summed E-state index contributed by atoms with van der Waals surface area (Å²) in [5, 5.41) is 6.71. The molecule has 1 fully saturated rings. The maximum atomic E-state index is 13.0. The number of amides is 1. The Labute approximate surface area is 139 Å². The third-order valence-corrected chi connectivity index (χ3v) is 3.72. The average molecular weight is 348 g/mol. The highest BCUT2D eigenvalue weighted by atomic mass is 19.3. The average Bonchev–Trinajstić information content (AvgIpc) is 2.98. The number of alkyl halides is 2. The van der Waals surface area contributed by atoms with Crippen molar-refractivity contribution in [1.82, 2.24) is 19.6 Å². The van der Waals surface area contributed by atoms with E-state index in [1.807, 2.05) is 0 Å². The summed E-state index contributed by atoms with van der Waals surface area (Å²) in [6.07, 6.45) is 2.29. The molecule has 25 heavy (non-hydrogen) atoms. The highest BCUT2D eigenvalue weighted by Gasteiger charge is 2.44. The Morgan fingerprint density at radius 3 is 2.60 bits per heavy atom. The first kappa shape index (κ1) is 15.4. The Morgan fingerprint density at radius 1 is 1.12 bits per heavy atom. The van der Waals surface area contributed by atoms with E-state index in [1.165, 1.54) is 21.7 Å². The molecule has 0 unspecified atom stereocenters. The van der Waals surface area contributed by atoms with Crippen molar-refractivity contribution in [3.63, 3.8) is 0 Å². The summed E-state index contributed by atoms with van der Waals surface area (Å²) in [7, 11) is 0. The van der Waals surface area contributed by atoms with Gasteiger partial charge in [0, 0.05) is 0 Å². The van der Waals surface area contributed by atoms with Gasteiger partial charge in [-0.15, -0.1) is 5.10 Å². The van der Waals surface area contributed by atoms with E-state index in [-0.39, 0.29) is 11.5 Å². The molecule has 7 nitrogen and oxygen atoms in total. The van der Waals surface area contributed by atoms with Gasteiger partial charge < -0.3 is 10.2 Å². The van der Waals surface area contributed by atoms with Gasteiger partial charge in [0.25, 0.3) is 11.8 Å². The number of aromatic nitrogens is 4. The number of hydrogen-bond donors (Lipinski definition) is 1. The fourth-order valence-electron chi connectivity index (χ4n) is 2.49. The predicted octanol–water partition coefficient (Wildman–Crippen LogP) is 1.97. The molecule has 3 aromatic heterocycles. The van der Waals surface area contributed by atoms with Crippen molar-refractivity contribution in [1.29, 1.82) is 0 Å². The summed E-state index contributed by atoms with van der Waals surface area (Å²) in [6, 6.07) is 5.64. The predicted molar refractivity (Wildman–Crippen MR) is 82.3 cm³/mol. The van der Waals surface area contributed by atoms with Gasteiger partial charge in [-0.3, -0.25) is 4.79 Å². The van der Waals surface area contributed by atoms with Crippen LogP contribution in [0.25, 0.3) is 5.65 Å². The molecule has 0 spiro atoms. The number of nitrogens with one attached hydrogen (secondary N) is 1. The fraction of sp³-hybridized carbons (Fsp3) is 0.200. The highest BCUT2D eigenvalue weighted by Crippen LogP contribution is 2.30. The number of nitrogens with zero attached hydrogens (tertiary/aromatic N) is 5. The highest BCUT2D eigenvalue weighted by molar-refractivity contribution is 6.02. The van der Waals surface area contributed by atoms with Gasteiger partial charge in [-0.1, -0.05) is 0 Å². The molecular formula is C15H11F3N6O. The number of halogens is 3. The van der Waals surface area contributed by atoms with Crippen molar-refractivity contribution in [2.24, 2.45) is 0 Å². The number of imidazole rings is 1. The number of rotatable bonds is 3. The lowest BCUT2D eigenvalue weighted by molar-refractivity contribution is -0.0268. The normalized spacial score (nSPS) is 15.9. The molecular weight excluding hydrogens is 337 g/mol. The van der Waals surface area contributed by atoms with Crippen LogP contribution in [0.2, 0.25) is 0 Å². The van der Waals surface area contributed by atoms with Crippen LogP contribution in [0, 0.1) is 5.82 Å². The van der Waals surface area contributed by atoms with Crippen molar-refractivity contribution in [3.8, 4) is 0 Å². The minimum absolute atomic E-state index is 0.107. The van der Waals surface area contributed by atoms with Gasteiger partial charge >= 0.3 is 0 Å². The summed E-state index contributed by atoms with van der Waals surface area (Å²) >= 11 is 0. The third kappa shape index (κ3) is 2.86. The fourth-order valence-corrected chi connectivity index (χ4v) is 2.49. The molecule has 3 aromatic rings. The Kier molecular flexibility index (Phi) is 3.34. The van der Waals surface area contributed by atoms with Crippen LogP contribution >= 0.6 is 0 Å². The van der Waals surface area contributed by atoms with Gasteiger partial charge in [0.2, 0.25) is 0 Å². The zero-order chi connectivity index (χ0) is 17.6. The lowest BCUT2D eigenvalue weighted by atomic mass is 10.1. The van der Waals surface area contributed by atoms with Crippen LogP contribution in [0.4, 0.5) is 24.8 Å². The van der Waals surface area contributed by atoms with Gasteiger partial charge in [-0.25, -0.2) is 27.7 Å². The lowest BCUT2D eigenvalue weighted by Gasteiger charge is -2.39. The maximum absolute atomic E-state index is 13.0. The molecule has 1 aliphatic rings. The van der Waals surface area contributed by atoms with Crippen LogP contribution in [-0.4, -0.2) is 44.5 Å². The molecule has 4 heterocycles. The van der Waals surface area contributed by atoms with Gasteiger partial charge in [0.15, 0.2) is 11.3 Å². The topological polar surface area (TPSA) is 75.4 Å². The second kappa shape index (κ2) is 5.43. The number of fused-ring (bicyclic) bond motifs is 1. The first-order chi connectivity index (χ1) is 11.9. The van der Waals surface area contributed by atoms with Crippen LogP contribution in [0.1, 0.15) is 10.5 Å². The summed E-state index contributed by atoms with van der Waals surface area (Å²) in [4.78, 5) is 21.6. The molecule has 0 radical (unpaired) electrons. The summed E-state index contributed by atoms with van der Waals surface area (Å²) in [5.41, 5.74) is 0.503. The molecule has 1 amide bonds. The van der Waals surface area contributed by atoms with Crippen molar-refractivity contribution in [2.75, 3.05) is 23.3 Å². The van der Waals surface area contributed by atoms with Crippen molar-refractivity contribution in [2.45, 2.75) is 5.92 Å². The molecule has 128 valence electrons. The van der Waals surface area contributed by atoms with Crippen LogP contribution in [0.15, 0.2) is 36.7 Å². The molecule has 0 atom stereocenters. The molecule has 1 saturated heterocycles. The SMILES string of the molecule is O=C(Nc1ccc(F)cn1)c1cnc2ccc(N3CC(F)(F)C3)nn12. The molecule has 4 rings (SSSR count). The lowest BCUT2D eigenvalue weighted by Crippen LogP contribution is -2.56. The molecule has 0 aromatic carbocycles. The Bertz CT molecular complexity index is 948. The number of hydrogen-bond acceptors (Lipinski definition) is 5. The number of anilines is 2. The molecule has 0 saturated carbocycles. The minimum Gasteiger partial charge on any atom is -0.343 e. The van der Waals surface area contributed by atoms with Crippen molar-refractivity contribution in [3.05, 3.63) is 48.2 Å². The first-order valence-corrected chi connectivity index (χ1v) is 7.32. The second-order valence-electron chi connectivity index (χ2n) is 5.63. The van der Waals surface area contributed by atoms with Gasteiger partial charge in [-0.2, -0.15) is 0 Å². The molecule has 0 bridgehead atoms. The minimum atomic E-state index is -2.72. The van der Waals surface area contributed by atoms with Crippen LogP contribution in [0.5, 0.6) is 0 Å². The third-order valence-electron chi connectivity index (χ3n) is 3.72. The molecule has 1 N–H and O–H groups in total.